The first kappa shape index (κ1) is 9.47. The Morgan fingerprint density at radius 2 is 1.88 bits per heavy atom. The van der Waals surface area contributed by atoms with Crippen molar-refractivity contribution < 1.29 is 0 Å². The molecule has 0 aliphatic carbocycles. The van der Waals surface area contributed by atoms with Gasteiger partial charge in [0.15, 0.2) is 0 Å². The molecule has 0 bridgehead atoms. The lowest BCUT2D eigenvalue weighted by Gasteiger charge is -2.01. The normalized spacial score (nSPS) is 10.8. The first-order valence-electron chi connectivity index (χ1n) is 4.76. The predicted molar refractivity (Wildman–Crippen MR) is 64.4 cm³/mol. The Morgan fingerprint density at radius 3 is 2.69 bits per heavy atom. The molecule has 1 aromatic carbocycles. The molecule has 16 heavy (non-hydrogen) atoms. The highest BCUT2D eigenvalue weighted by molar-refractivity contribution is 9.10. The molecule has 3 aromatic rings. The molecular formula is C11H7BrN4. The molecule has 0 amide bonds. The predicted octanol–water partition coefficient (Wildman–Crippen LogP) is 2.58. The summed E-state index contributed by atoms with van der Waals surface area (Å²) in [6, 6.07) is 9.82. The van der Waals surface area contributed by atoms with Gasteiger partial charge in [0.25, 0.3) is 0 Å². The number of rotatable bonds is 1. The van der Waals surface area contributed by atoms with Crippen LogP contribution in [0.4, 0.5) is 0 Å². The van der Waals surface area contributed by atoms with Crippen LogP contribution in [0.1, 0.15) is 0 Å². The lowest BCUT2D eigenvalue weighted by atomic mass is 10.3. The van der Waals surface area contributed by atoms with Crippen molar-refractivity contribution in [1.82, 2.24) is 20.0 Å². The molecule has 0 saturated carbocycles. The molecule has 0 saturated heterocycles. The maximum absolute atomic E-state index is 4.11. The second kappa shape index (κ2) is 3.68. The van der Waals surface area contributed by atoms with Crippen LogP contribution in [-0.2, 0) is 0 Å². The van der Waals surface area contributed by atoms with Crippen LogP contribution in [0.25, 0.3) is 16.7 Å². The fourth-order valence-electron chi connectivity index (χ4n) is 1.55. The number of fused-ring (bicyclic) bond motifs is 1. The molecular weight excluding hydrogens is 268 g/mol. The van der Waals surface area contributed by atoms with Crippen molar-refractivity contribution >= 4 is 27.0 Å². The van der Waals surface area contributed by atoms with E-state index in [4.69, 9.17) is 0 Å². The minimum absolute atomic E-state index is 0.797. The summed E-state index contributed by atoms with van der Waals surface area (Å²) in [4.78, 5) is 4.01. The van der Waals surface area contributed by atoms with E-state index in [0.717, 1.165) is 21.2 Å². The number of hydrogen-bond donors (Lipinski definition) is 0. The van der Waals surface area contributed by atoms with Gasteiger partial charge in [-0.2, -0.15) is 0 Å². The zero-order valence-corrected chi connectivity index (χ0v) is 9.79. The van der Waals surface area contributed by atoms with E-state index in [2.05, 4.69) is 31.2 Å². The molecule has 0 spiro atoms. The van der Waals surface area contributed by atoms with Gasteiger partial charge in [0, 0.05) is 10.7 Å². The first-order valence-corrected chi connectivity index (χ1v) is 5.55. The highest BCUT2D eigenvalue weighted by atomic mass is 79.9. The molecule has 5 heteroatoms. The Hall–Kier alpha value is -1.75. The van der Waals surface area contributed by atoms with Gasteiger partial charge in [-0.15, -0.1) is 5.10 Å². The standard InChI is InChI=1S/C11H7BrN4/c12-8-1-3-9(4-2-8)16-11-5-6-13-7-10(11)14-15-16/h1-7H. The Balaban J connectivity index is 2.22. The van der Waals surface area contributed by atoms with Crippen molar-refractivity contribution in [3.8, 4) is 5.69 Å². The summed E-state index contributed by atoms with van der Waals surface area (Å²) in [6.07, 6.45) is 3.44. The molecule has 0 atom stereocenters. The molecule has 0 aliphatic heterocycles. The molecule has 0 radical (unpaired) electrons. The van der Waals surface area contributed by atoms with E-state index >= 15 is 0 Å². The van der Waals surface area contributed by atoms with Gasteiger partial charge >= 0.3 is 0 Å². The van der Waals surface area contributed by atoms with Gasteiger partial charge in [-0.1, -0.05) is 21.1 Å². The average Bonchev–Trinajstić information content (AvgIpc) is 2.74. The Morgan fingerprint density at radius 1 is 1.06 bits per heavy atom. The van der Waals surface area contributed by atoms with Gasteiger partial charge < -0.3 is 0 Å². The van der Waals surface area contributed by atoms with E-state index < -0.39 is 0 Å². The van der Waals surface area contributed by atoms with Gasteiger partial charge in [0.05, 0.1) is 17.4 Å². The topological polar surface area (TPSA) is 43.6 Å². The smallest absolute Gasteiger partial charge is 0.131 e. The maximum Gasteiger partial charge on any atom is 0.131 e. The lowest BCUT2D eigenvalue weighted by molar-refractivity contribution is 0.824. The summed E-state index contributed by atoms with van der Waals surface area (Å²) in [7, 11) is 0. The largest absolute Gasteiger partial charge is 0.262 e. The SMILES string of the molecule is Brc1ccc(-n2nnc3cnccc32)cc1. The van der Waals surface area contributed by atoms with Gasteiger partial charge in [-0.3, -0.25) is 4.98 Å². The van der Waals surface area contributed by atoms with Crippen LogP contribution < -0.4 is 0 Å². The van der Waals surface area contributed by atoms with E-state index in [-0.39, 0.29) is 0 Å². The van der Waals surface area contributed by atoms with E-state index in [1.54, 1.807) is 17.1 Å². The summed E-state index contributed by atoms with van der Waals surface area (Å²) in [5.74, 6) is 0. The fourth-order valence-corrected chi connectivity index (χ4v) is 1.81. The lowest BCUT2D eigenvalue weighted by Crippen LogP contribution is -1.95. The number of nitrogens with zero attached hydrogens (tertiary/aromatic N) is 4. The van der Waals surface area contributed by atoms with Gasteiger partial charge in [-0.05, 0) is 30.3 Å². The Labute approximate surface area is 100 Å². The van der Waals surface area contributed by atoms with Gasteiger partial charge in [0.2, 0.25) is 0 Å². The van der Waals surface area contributed by atoms with Gasteiger partial charge in [-0.25, -0.2) is 4.68 Å². The molecule has 0 fully saturated rings. The van der Waals surface area contributed by atoms with Crippen LogP contribution in [0.5, 0.6) is 0 Å². The summed E-state index contributed by atoms with van der Waals surface area (Å²) in [5, 5.41) is 8.16. The molecule has 0 aliphatic rings. The highest BCUT2D eigenvalue weighted by Gasteiger charge is 2.05. The molecule has 0 unspecified atom stereocenters. The molecule has 2 heterocycles. The number of aromatic nitrogens is 4. The number of halogens is 1. The van der Waals surface area contributed by atoms with Crippen LogP contribution in [0.3, 0.4) is 0 Å². The van der Waals surface area contributed by atoms with Crippen molar-refractivity contribution in [3.05, 3.63) is 47.2 Å². The summed E-state index contributed by atoms with van der Waals surface area (Å²) in [6.45, 7) is 0. The number of hydrogen-bond acceptors (Lipinski definition) is 3. The number of pyridine rings is 1. The summed E-state index contributed by atoms with van der Waals surface area (Å²) in [5.41, 5.74) is 2.74. The van der Waals surface area contributed by atoms with E-state index in [0.29, 0.717) is 0 Å². The monoisotopic (exact) mass is 274 g/mol. The second-order valence-electron chi connectivity index (χ2n) is 3.34. The third-order valence-electron chi connectivity index (χ3n) is 2.32. The van der Waals surface area contributed by atoms with Crippen LogP contribution >= 0.6 is 15.9 Å². The van der Waals surface area contributed by atoms with Crippen molar-refractivity contribution in [2.24, 2.45) is 0 Å². The van der Waals surface area contributed by atoms with Crippen LogP contribution in [0.2, 0.25) is 0 Å². The third-order valence-corrected chi connectivity index (χ3v) is 2.85. The Kier molecular flexibility index (Phi) is 2.18. The molecule has 2 aromatic heterocycles. The van der Waals surface area contributed by atoms with Crippen LogP contribution in [0, 0.1) is 0 Å². The minimum Gasteiger partial charge on any atom is -0.262 e. The first-order chi connectivity index (χ1) is 7.84. The van der Waals surface area contributed by atoms with E-state index in [1.807, 2.05) is 30.3 Å². The fraction of sp³-hybridized carbons (Fsp3) is 0. The maximum atomic E-state index is 4.11. The van der Waals surface area contributed by atoms with E-state index in [1.165, 1.54) is 0 Å². The van der Waals surface area contributed by atoms with Gasteiger partial charge in [0.1, 0.15) is 5.52 Å². The second-order valence-corrected chi connectivity index (χ2v) is 4.26. The molecule has 4 nitrogen and oxygen atoms in total. The quantitative estimate of drug-likeness (QED) is 0.685. The van der Waals surface area contributed by atoms with E-state index in [9.17, 15) is 0 Å². The van der Waals surface area contributed by atoms with Crippen molar-refractivity contribution in [2.75, 3.05) is 0 Å². The zero-order chi connectivity index (χ0) is 11.0. The average molecular weight is 275 g/mol. The molecule has 0 N–H and O–H groups in total. The summed E-state index contributed by atoms with van der Waals surface area (Å²) < 4.78 is 2.84. The van der Waals surface area contributed by atoms with Crippen molar-refractivity contribution in [3.63, 3.8) is 0 Å². The van der Waals surface area contributed by atoms with Crippen molar-refractivity contribution in [1.29, 1.82) is 0 Å². The molecule has 78 valence electrons. The van der Waals surface area contributed by atoms with Crippen molar-refractivity contribution in [2.45, 2.75) is 0 Å². The Bertz CT molecular complexity index is 630. The van der Waals surface area contributed by atoms with Crippen LogP contribution in [-0.4, -0.2) is 20.0 Å². The third kappa shape index (κ3) is 1.49. The minimum atomic E-state index is 0.797. The summed E-state index contributed by atoms with van der Waals surface area (Å²) >= 11 is 3.40. The zero-order valence-electron chi connectivity index (χ0n) is 8.21. The van der Waals surface area contributed by atoms with Crippen LogP contribution in [0.15, 0.2) is 47.2 Å². The highest BCUT2D eigenvalue weighted by Crippen LogP contribution is 2.17. The number of benzene rings is 1. The molecule has 3 rings (SSSR count).